The van der Waals surface area contributed by atoms with Crippen LogP contribution in [0.25, 0.3) is 0 Å². The highest BCUT2D eigenvalue weighted by Gasteiger charge is 2.03. The molecule has 0 aliphatic carbocycles. The number of likely N-dealkylation sites (N-methyl/N-ethyl adjacent to an activating group) is 1. The predicted octanol–water partition coefficient (Wildman–Crippen LogP) is 1.10. The first-order valence-electron chi connectivity index (χ1n) is 4.07. The monoisotopic (exact) mass is 145 g/mol. The SMILES string of the molecule is CCCC(O)CN(C)CC. The van der Waals surface area contributed by atoms with Crippen molar-refractivity contribution in [3.05, 3.63) is 0 Å². The number of aliphatic hydroxyl groups is 1. The minimum absolute atomic E-state index is 0.130. The molecule has 1 N–H and O–H groups in total. The van der Waals surface area contributed by atoms with E-state index in [2.05, 4.69) is 18.7 Å². The molecule has 0 aromatic rings. The van der Waals surface area contributed by atoms with Crippen molar-refractivity contribution in [2.24, 2.45) is 0 Å². The van der Waals surface area contributed by atoms with Crippen LogP contribution in [0.3, 0.4) is 0 Å². The molecular weight excluding hydrogens is 126 g/mol. The number of rotatable bonds is 5. The van der Waals surface area contributed by atoms with Gasteiger partial charge in [0.25, 0.3) is 0 Å². The first-order valence-corrected chi connectivity index (χ1v) is 4.07. The van der Waals surface area contributed by atoms with Gasteiger partial charge in [-0.1, -0.05) is 20.3 Å². The molecule has 2 nitrogen and oxygen atoms in total. The van der Waals surface area contributed by atoms with Crippen LogP contribution in [-0.2, 0) is 0 Å². The van der Waals surface area contributed by atoms with Crippen LogP contribution in [0.5, 0.6) is 0 Å². The molecule has 0 radical (unpaired) electrons. The summed E-state index contributed by atoms with van der Waals surface area (Å²) in [7, 11) is 2.03. The zero-order valence-electron chi connectivity index (χ0n) is 7.30. The van der Waals surface area contributed by atoms with E-state index in [-0.39, 0.29) is 6.10 Å². The predicted molar refractivity (Wildman–Crippen MR) is 44.1 cm³/mol. The molecule has 10 heavy (non-hydrogen) atoms. The molecular formula is C8H19NO. The first kappa shape index (κ1) is 9.92. The highest BCUT2D eigenvalue weighted by molar-refractivity contribution is 4.58. The summed E-state index contributed by atoms with van der Waals surface area (Å²) in [6, 6.07) is 0. The van der Waals surface area contributed by atoms with Crippen LogP contribution in [0.1, 0.15) is 26.7 Å². The molecule has 2 heteroatoms. The highest BCUT2D eigenvalue weighted by Crippen LogP contribution is 1.97. The fourth-order valence-corrected chi connectivity index (χ4v) is 0.913. The van der Waals surface area contributed by atoms with Gasteiger partial charge in [-0.3, -0.25) is 0 Å². The Morgan fingerprint density at radius 1 is 1.40 bits per heavy atom. The van der Waals surface area contributed by atoms with Crippen molar-refractivity contribution >= 4 is 0 Å². The maximum atomic E-state index is 9.31. The van der Waals surface area contributed by atoms with Crippen molar-refractivity contribution in [3.8, 4) is 0 Å². The molecule has 0 aromatic heterocycles. The quantitative estimate of drug-likeness (QED) is 0.626. The van der Waals surface area contributed by atoms with Gasteiger partial charge >= 0.3 is 0 Å². The summed E-state index contributed by atoms with van der Waals surface area (Å²) in [5.74, 6) is 0. The van der Waals surface area contributed by atoms with Gasteiger partial charge in [-0.2, -0.15) is 0 Å². The average molecular weight is 145 g/mol. The summed E-state index contributed by atoms with van der Waals surface area (Å²) in [5, 5.41) is 9.31. The molecule has 0 bridgehead atoms. The van der Waals surface area contributed by atoms with Crippen molar-refractivity contribution in [3.63, 3.8) is 0 Å². The van der Waals surface area contributed by atoms with Crippen molar-refractivity contribution in [1.29, 1.82) is 0 Å². The van der Waals surface area contributed by atoms with E-state index in [0.29, 0.717) is 0 Å². The van der Waals surface area contributed by atoms with Crippen LogP contribution in [0.2, 0.25) is 0 Å². The zero-order chi connectivity index (χ0) is 7.98. The minimum Gasteiger partial charge on any atom is -0.392 e. The normalized spacial score (nSPS) is 14.1. The molecule has 1 atom stereocenters. The summed E-state index contributed by atoms with van der Waals surface area (Å²) in [6.45, 7) is 6.01. The lowest BCUT2D eigenvalue weighted by molar-refractivity contribution is 0.119. The molecule has 0 aliphatic rings. The van der Waals surface area contributed by atoms with Gasteiger partial charge in [0, 0.05) is 6.54 Å². The lowest BCUT2D eigenvalue weighted by atomic mass is 10.2. The summed E-state index contributed by atoms with van der Waals surface area (Å²) in [6.07, 6.45) is 1.86. The van der Waals surface area contributed by atoms with Crippen molar-refractivity contribution in [2.45, 2.75) is 32.8 Å². The van der Waals surface area contributed by atoms with E-state index in [1.54, 1.807) is 0 Å². The van der Waals surface area contributed by atoms with Crippen LogP contribution in [0, 0.1) is 0 Å². The van der Waals surface area contributed by atoms with Gasteiger partial charge in [0.15, 0.2) is 0 Å². The Morgan fingerprint density at radius 2 is 2.00 bits per heavy atom. The molecule has 0 saturated carbocycles. The van der Waals surface area contributed by atoms with Gasteiger partial charge in [-0.15, -0.1) is 0 Å². The topological polar surface area (TPSA) is 23.5 Å². The van der Waals surface area contributed by atoms with Gasteiger partial charge in [0.2, 0.25) is 0 Å². The molecule has 0 rings (SSSR count). The molecule has 62 valence electrons. The Hall–Kier alpha value is -0.0800. The molecule has 1 unspecified atom stereocenters. The molecule has 0 saturated heterocycles. The van der Waals surface area contributed by atoms with Gasteiger partial charge < -0.3 is 10.0 Å². The van der Waals surface area contributed by atoms with E-state index < -0.39 is 0 Å². The highest BCUT2D eigenvalue weighted by atomic mass is 16.3. The first-order chi connectivity index (χ1) is 4.70. The Labute approximate surface area is 63.8 Å². The van der Waals surface area contributed by atoms with Crippen LogP contribution >= 0.6 is 0 Å². The third kappa shape index (κ3) is 4.77. The molecule has 0 aliphatic heterocycles. The molecule has 0 aromatic carbocycles. The lowest BCUT2D eigenvalue weighted by Gasteiger charge is -2.17. The van der Waals surface area contributed by atoms with Gasteiger partial charge in [0.05, 0.1) is 6.10 Å². The fraction of sp³-hybridized carbons (Fsp3) is 1.00. The van der Waals surface area contributed by atoms with Gasteiger partial charge in [-0.05, 0) is 20.0 Å². The second kappa shape index (κ2) is 5.69. The van der Waals surface area contributed by atoms with Crippen molar-refractivity contribution < 1.29 is 5.11 Å². The van der Waals surface area contributed by atoms with Crippen LogP contribution in [-0.4, -0.2) is 36.2 Å². The van der Waals surface area contributed by atoms with E-state index in [1.165, 1.54) is 0 Å². The van der Waals surface area contributed by atoms with Crippen LogP contribution < -0.4 is 0 Å². The second-order valence-corrected chi connectivity index (χ2v) is 2.80. The maximum absolute atomic E-state index is 9.31. The third-order valence-electron chi connectivity index (χ3n) is 1.68. The molecule has 0 heterocycles. The smallest absolute Gasteiger partial charge is 0.0666 e. The van der Waals surface area contributed by atoms with Crippen LogP contribution in [0.15, 0.2) is 0 Å². The second-order valence-electron chi connectivity index (χ2n) is 2.80. The fourth-order valence-electron chi connectivity index (χ4n) is 0.913. The van der Waals surface area contributed by atoms with Crippen molar-refractivity contribution in [1.82, 2.24) is 4.90 Å². The van der Waals surface area contributed by atoms with E-state index in [4.69, 9.17) is 0 Å². The summed E-state index contributed by atoms with van der Waals surface area (Å²) in [5.41, 5.74) is 0. The molecule has 0 fully saturated rings. The zero-order valence-corrected chi connectivity index (χ0v) is 7.30. The Morgan fingerprint density at radius 3 is 2.40 bits per heavy atom. The Bertz CT molecular complexity index is 75.7. The largest absolute Gasteiger partial charge is 0.392 e. The number of nitrogens with zero attached hydrogens (tertiary/aromatic N) is 1. The van der Waals surface area contributed by atoms with Gasteiger partial charge in [0.1, 0.15) is 0 Å². The minimum atomic E-state index is -0.130. The summed E-state index contributed by atoms with van der Waals surface area (Å²) < 4.78 is 0. The average Bonchev–Trinajstić information content (AvgIpc) is 1.88. The van der Waals surface area contributed by atoms with Crippen LogP contribution in [0.4, 0.5) is 0 Å². The number of aliphatic hydroxyl groups excluding tert-OH is 1. The van der Waals surface area contributed by atoms with E-state index >= 15 is 0 Å². The number of hydrogen-bond donors (Lipinski definition) is 1. The third-order valence-corrected chi connectivity index (χ3v) is 1.68. The van der Waals surface area contributed by atoms with Crippen molar-refractivity contribution in [2.75, 3.05) is 20.1 Å². The Kier molecular flexibility index (Phi) is 5.64. The molecule has 0 spiro atoms. The van der Waals surface area contributed by atoms with E-state index in [0.717, 1.165) is 25.9 Å². The lowest BCUT2D eigenvalue weighted by Crippen LogP contribution is -2.28. The summed E-state index contributed by atoms with van der Waals surface area (Å²) >= 11 is 0. The Balaban J connectivity index is 3.27. The standard InChI is InChI=1S/C8H19NO/c1-4-6-8(10)7-9(3)5-2/h8,10H,4-7H2,1-3H3. The number of hydrogen-bond acceptors (Lipinski definition) is 2. The van der Waals surface area contributed by atoms with E-state index in [1.807, 2.05) is 7.05 Å². The van der Waals surface area contributed by atoms with E-state index in [9.17, 15) is 5.11 Å². The van der Waals surface area contributed by atoms with Gasteiger partial charge in [-0.25, -0.2) is 0 Å². The molecule has 0 amide bonds. The maximum Gasteiger partial charge on any atom is 0.0666 e. The summed E-state index contributed by atoms with van der Waals surface area (Å²) in [4.78, 5) is 2.13.